The normalized spacial score (nSPS) is 12.0. The number of nitrogens with zero attached hydrogens (tertiary/aromatic N) is 6. The zero-order valence-electron chi connectivity index (χ0n) is 16.3. The minimum Gasteiger partial charge on any atom is -0.353 e. The molecule has 4 aromatic heterocycles. The highest BCUT2D eigenvalue weighted by Crippen LogP contribution is 2.31. The lowest BCUT2D eigenvalue weighted by molar-refractivity contribution is -0.137. The number of halogens is 3. The number of carbonyl (C=O) groups is 1. The average molecular weight is 442 g/mol. The lowest BCUT2D eigenvalue weighted by Gasteiger charge is -2.05. The van der Waals surface area contributed by atoms with Crippen molar-refractivity contribution in [2.24, 2.45) is 7.05 Å². The molecule has 2 N–H and O–H groups in total. The maximum absolute atomic E-state index is 12.9. The highest BCUT2D eigenvalue weighted by Gasteiger charge is 2.30. The summed E-state index contributed by atoms with van der Waals surface area (Å²) in [7, 11) is 1.73. The molecule has 0 aliphatic rings. The van der Waals surface area contributed by atoms with Gasteiger partial charge in [0, 0.05) is 13.1 Å². The molecule has 5 aromatic rings. The Bertz CT molecular complexity index is 1470. The van der Waals surface area contributed by atoms with Crippen molar-refractivity contribution in [1.82, 2.24) is 40.0 Å². The second-order valence-corrected chi connectivity index (χ2v) is 6.93. The van der Waals surface area contributed by atoms with E-state index in [1.807, 2.05) is 0 Å². The lowest BCUT2D eigenvalue weighted by atomic mass is 10.2. The number of aromatic nitrogens is 7. The summed E-state index contributed by atoms with van der Waals surface area (Å²) in [5, 5.41) is 6.57. The summed E-state index contributed by atoms with van der Waals surface area (Å²) in [6.45, 7) is 0.0319. The van der Waals surface area contributed by atoms with Crippen LogP contribution in [0.25, 0.3) is 33.8 Å². The van der Waals surface area contributed by atoms with Crippen molar-refractivity contribution in [2.45, 2.75) is 12.7 Å². The van der Waals surface area contributed by atoms with Gasteiger partial charge in [-0.1, -0.05) is 5.16 Å². The number of rotatable bonds is 4. The van der Waals surface area contributed by atoms with E-state index in [0.717, 1.165) is 12.1 Å². The van der Waals surface area contributed by atoms with E-state index in [2.05, 4.69) is 35.4 Å². The fourth-order valence-corrected chi connectivity index (χ4v) is 3.22. The van der Waals surface area contributed by atoms with Crippen LogP contribution in [0.15, 0.2) is 41.4 Å². The molecule has 0 aliphatic carbocycles. The van der Waals surface area contributed by atoms with Crippen molar-refractivity contribution >= 4 is 28.1 Å². The molecule has 0 fully saturated rings. The second kappa shape index (κ2) is 7.14. The van der Waals surface area contributed by atoms with Crippen LogP contribution < -0.4 is 5.32 Å². The zero-order chi connectivity index (χ0) is 22.5. The molecule has 0 bridgehead atoms. The molecule has 10 nitrogen and oxygen atoms in total. The molecule has 1 aromatic carbocycles. The average Bonchev–Trinajstić information content (AvgIpc) is 3.49. The largest absolute Gasteiger partial charge is 0.416 e. The number of aromatic amines is 1. The minimum absolute atomic E-state index is 0.0319. The Hall–Kier alpha value is -4.29. The van der Waals surface area contributed by atoms with Crippen molar-refractivity contribution in [3.05, 3.63) is 53.9 Å². The molecule has 0 saturated carbocycles. The van der Waals surface area contributed by atoms with Crippen molar-refractivity contribution in [3.8, 4) is 11.6 Å². The van der Waals surface area contributed by atoms with Crippen molar-refractivity contribution in [3.63, 3.8) is 0 Å². The fourth-order valence-electron chi connectivity index (χ4n) is 3.22. The quantitative estimate of drug-likeness (QED) is 0.438. The van der Waals surface area contributed by atoms with E-state index in [4.69, 9.17) is 4.52 Å². The number of aryl methyl sites for hydroxylation is 1. The van der Waals surface area contributed by atoms with Crippen molar-refractivity contribution < 1.29 is 22.5 Å². The Morgan fingerprint density at radius 1 is 1.22 bits per heavy atom. The van der Waals surface area contributed by atoms with E-state index >= 15 is 0 Å². The van der Waals surface area contributed by atoms with Crippen LogP contribution in [-0.2, 0) is 19.8 Å². The molecule has 1 amide bonds. The van der Waals surface area contributed by atoms with E-state index in [9.17, 15) is 18.0 Å². The first-order chi connectivity index (χ1) is 15.3. The van der Waals surface area contributed by atoms with E-state index in [0.29, 0.717) is 22.4 Å². The molecule has 0 spiro atoms. The van der Waals surface area contributed by atoms with E-state index in [1.165, 1.54) is 24.8 Å². The summed E-state index contributed by atoms with van der Waals surface area (Å²) in [5.74, 6) is -0.0131. The molecule has 162 valence electrons. The Kier molecular flexibility index (Phi) is 4.39. The van der Waals surface area contributed by atoms with Crippen molar-refractivity contribution in [2.75, 3.05) is 0 Å². The van der Waals surface area contributed by atoms with E-state index in [1.54, 1.807) is 11.6 Å². The summed E-state index contributed by atoms with van der Waals surface area (Å²) < 4.78 is 45.6. The van der Waals surface area contributed by atoms with Gasteiger partial charge in [0.15, 0.2) is 17.2 Å². The van der Waals surface area contributed by atoms with Crippen LogP contribution in [0.5, 0.6) is 0 Å². The van der Waals surface area contributed by atoms with Crippen LogP contribution in [0.3, 0.4) is 0 Å². The van der Waals surface area contributed by atoms with Crippen LogP contribution >= 0.6 is 0 Å². The van der Waals surface area contributed by atoms with Gasteiger partial charge in [-0.2, -0.15) is 13.2 Å². The third-order valence-corrected chi connectivity index (χ3v) is 4.76. The van der Waals surface area contributed by atoms with Crippen LogP contribution in [0.2, 0.25) is 0 Å². The molecule has 0 saturated heterocycles. The first-order valence-electron chi connectivity index (χ1n) is 9.23. The number of carbonyl (C=O) groups excluding carboxylic acids is 1. The predicted octanol–water partition coefficient (Wildman–Crippen LogP) is 2.84. The lowest BCUT2D eigenvalue weighted by Crippen LogP contribution is -2.24. The number of nitrogens with one attached hydrogen (secondary N) is 2. The standard InChI is InChI=1S/C19H13F3N8O2/c1-30-8-26-17-15(30)14(24-7-25-17)18(31)23-6-10-5-13(32-29-10)16-27-11-3-2-9(19(20,21)22)4-12(11)28-16/h2-5,7-8H,6H2,1H3,(H,23,31)(H,27,28). The monoisotopic (exact) mass is 442 g/mol. The molecule has 0 radical (unpaired) electrons. The molecular formula is C19H13F3N8O2. The number of alkyl halides is 3. The third kappa shape index (κ3) is 3.42. The minimum atomic E-state index is -4.46. The molecule has 0 atom stereocenters. The topological polar surface area (TPSA) is 127 Å². The first-order valence-corrected chi connectivity index (χ1v) is 9.23. The highest BCUT2D eigenvalue weighted by molar-refractivity contribution is 6.02. The van der Waals surface area contributed by atoms with Crippen LogP contribution in [0.4, 0.5) is 13.2 Å². The Morgan fingerprint density at radius 3 is 2.88 bits per heavy atom. The second-order valence-electron chi connectivity index (χ2n) is 6.93. The summed E-state index contributed by atoms with van der Waals surface area (Å²) >= 11 is 0. The van der Waals surface area contributed by atoms with Crippen molar-refractivity contribution in [1.29, 1.82) is 0 Å². The summed E-state index contributed by atoms with van der Waals surface area (Å²) in [6.07, 6.45) is -1.67. The van der Waals surface area contributed by atoms with Crippen LogP contribution in [0, 0.1) is 0 Å². The summed E-state index contributed by atoms with van der Waals surface area (Å²) in [5.41, 5.74) is 1.22. The van der Waals surface area contributed by atoms with Gasteiger partial charge in [0.25, 0.3) is 5.91 Å². The molecular weight excluding hydrogens is 429 g/mol. The van der Waals surface area contributed by atoms with Gasteiger partial charge < -0.3 is 19.4 Å². The first kappa shape index (κ1) is 19.7. The summed E-state index contributed by atoms with van der Waals surface area (Å²) in [4.78, 5) is 31.7. The number of hydrogen-bond acceptors (Lipinski definition) is 7. The molecule has 0 aliphatic heterocycles. The Labute approximate surface area is 176 Å². The number of imidazole rings is 2. The van der Waals surface area contributed by atoms with E-state index in [-0.39, 0.29) is 29.3 Å². The molecule has 32 heavy (non-hydrogen) atoms. The number of H-pyrrole nitrogens is 1. The molecule has 0 unspecified atom stereocenters. The van der Waals surface area contributed by atoms with Gasteiger partial charge in [-0.3, -0.25) is 4.79 Å². The van der Waals surface area contributed by atoms with Crippen LogP contribution in [0.1, 0.15) is 21.7 Å². The predicted molar refractivity (Wildman–Crippen MR) is 104 cm³/mol. The van der Waals surface area contributed by atoms with Gasteiger partial charge >= 0.3 is 6.18 Å². The van der Waals surface area contributed by atoms with Gasteiger partial charge in [-0.25, -0.2) is 19.9 Å². The third-order valence-electron chi connectivity index (χ3n) is 4.76. The maximum Gasteiger partial charge on any atom is 0.416 e. The fraction of sp³-hybridized carbons (Fsp3) is 0.158. The number of amides is 1. The summed E-state index contributed by atoms with van der Waals surface area (Å²) in [6, 6.07) is 4.74. The highest BCUT2D eigenvalue weighted by atomic mass is 19.4. The van der Waals surface area contributed by atoms with Gasteiger partial charge in [0.1, 0.15) is 17.5 Å². The number of benzene rings is 1. The number of fused-ring (bicyclic) bond motifs is 2. The Morgan fingerprint density at radius 2 is 2.06 bits per heavy atom. The smallest absolute Gasteiger partial charge is 0.353 e. The number of hydrogen-bond donors (Lipinski definition) is 2. The van der Waals surface area contributed by atoms with Gasteiger partial charge in [0.05, 0.1) is 29.5 Å². The van der Waals surface area contributed by atoms with Gasteiger partial charge in [-0.05, 0) is 18.2 Å². The maximum atomic E-state index is 12.9. The zero-order valence-corrected chi connectivity index (χ0v) is 16.3. The Balaban J connectivity index is 1.34. The molecule has 5 rings (SSSR count). The van der Waals surface area contributed by atoms with Gasteiger partial charge in [-0.15, -0.1) is 0 Å². The van der Waals surface area contributed by atoms with Crippen LogP contribution in [-0.4, -0.2) is 40.6 Å². The SMILES string of the molecule is Cn1cnc2ncnc(C(=O)NCc3cc(-c4nc5ccc(C(F)(F)F)cc5[nH]4)on3)c21. The molecule has 4 heterocycles. The molecule has 13 heteroatoms. The van der Waals surface area contributed by atoms with Gasteiger partial charge in [0.2, 0.25) is 5.76 Å². The van der Waals surface area contributed by atoms with E-state index < -0.39 is 17.6 Å².